The van der Waals surface area contributed by atoms with Crippen molar-refractivity contribution in [1.29, 1.82) is 0 Å². The minimum atomic E-state index is -0.535. The number of esters is 1. The molecule has 0 aromatic heterocycles. The van der Waals surface area contributed by atoms with Crippen LogP contribution in [0.5, 0.6) is 0 Å². The van der Waals surface area contributed by atoms with Gasteiger partial charge in [-0.2, -0.15) is 0 Å². The van der Waals surface area contributed by atoms with E-state index in [1.54, 1.807) is 0 Å². The summed E-state index contributed by atoms with van der Waals surface area (Å²) in [5.41, 5.74) is 9.59. The molecule has 0 saturated carbocycles. The quantitative estimate of drug-likeness (QED) is 0.724. The fourth-order valence-electron chi connectivity index (χ4n) is 1.67. The number of fused-ring (bicyclic) bond motifs is 1. The van der Waals surface area contributed by atoms with Crippen LogP contribution in [0.2, 0.25) is 0 Å². The highest BCUT2D eigenvalue weighted by molar-refractivity contribution is 5.76. The molecule has 1 atom stereocenters. The van der Waals surface area contributed by atoms with Crippen LogP contribution in [0.1, 0.15) is 16.7 Å². The van der Waals surface area contributed by atoms with Gasteiger partial charge in [0.05, 0.1) is 7.11 Å². The molecule has 0 fully saturated rings. The lowest BCUT2D eigenvalue weighted by molar-refractivity contribution is -0.142. The Hall–Kier alpha value is -1.35. The Balaban J connectivity index is 2.06. The maximum Gasteiger partial charge on any atom is 0.322 e. The average Bonchev–Trinajstić information content (AvgIpc) is 2.96. The maximum absolute atomic E-state index is 11.1. The number of methoxy groups -OCH3 is 1. The molecule has 0 unspecified atom stereocenters. The number of hydrogen-bond donors (Lipinski definition) is 1. The van der Waals surface area contributed by atoms with Gasteiger partial charge in [-0.25, -0.2) is 0 Å². The first kappa shape index (κ1) is 9.21. The van der Waals surface area contributed by atoms with E-state index in [2.05, 4.69) is 10.8 Å². The first-order chi connectivity index (χ1) is 6.72. The zero-order chi connectivity index (χ0) is 10.1. The summed E-state index contributed by atoms with van der Waals surface area (Å²) < 4.78 is 4.58. The molecule has 1 aromatic carbocycles. The van der Waals surface area contributed by atoms with Crippen molar-refractivity contribution in [2.45, 2.75) is 18.9 Å². The van der Waals surface area contributed by atoms with Crippen molar-refractivity contribution >= 4 is 5.97 Å². The Bertz CT molecular complexity index is 374. The summed E-state index contributed by atoms with van der Waals surface area (Å²) in [6, 6.07) is 5.59. The molecule has 0 heterocycles. The van der Waals surface area contributed by atoms with Crippen LogP contribution < -0.4 is 5.73 Å². The molecule has 0 amide bonds. The van der Waals surface area contributed by atoms with Crippen molar-refractivity contribution in [2.24, 2.45) is 5.73 Å². The van der Waals surface area contributed by atoms with Crippen molar-refractivity contribution in [3.63, 3.8) is 0 Å². The van der Waals surface area contributed by atoms with Gasteiger partial charge in [-0.15, -0.1) is 0 Å². The topological polar surface area (TPSA) is 52.3 Å². The number of carbonyl (C=O) groups is 1. The van der Waals surface area contributed by atoms with Gasteiger partial charge in [-0.1, -0.05) is 18.2 Å². The van der Waals surface area contributed by atoms with Gasteiger partial charge in [0.2, 0.25) is 0 Å². The molecule has 0 aliphatic heterocycles. The summed E-state index contributed by atoms with van der Waals surface area (Å²) in [5.74, 6) is -0.344. The standard InChI is InChI=1S/C11H13NO2/c1-14-11(13)10(12)6-8-4-2-3-7-5-9(7)8/h2-4,10H,5-6,12H2,1H3/t10-/m0/s1. The van der Waals surface area contributed by atoms with Crippen LogP contribution in [-0.4, -0.2) is 19.1 Å². The minimum Gasteiger partial charge on any atom is -0.468 e. The van der Waals surface area contributed by atoms with Gasteiger partial charge in [-0.05, 0) is 29.5 Å². The Morgan fingerprint density at radius 1 is 1.64 bits per heavy atom. The fraction of sp³-hybridized carbons (Fsp3) is 0.364. The largest absolute Gasteiger partial charge is 0.468 e. The van der Waals surface area contributed by atoms with Crippen LogP contribution in [0.3, 0.4) is 0 Å². The average molecular weight is 191 g/mol. The molecular weight excluding hydrogens is 178 g/mol. The monoisotopic (exact) mass is 191 g/mol. The summed E-state index contributed by atoms with van der Waals surface area (Å²) in [4.78, 5) is 11.1. The number of ether oxygens (including phenoxy) is 1. The van der Waals surface area contributed by atoms with Gasteiger partial charge in [0.25, 0.3) is 0 Å². The third-order valence-electron chi connectivity index (χ3n) is 2.56. The molecule has 14 heavy (non-hydrogen) atoms. The second-order valence-corrected chi connectivity index (χ2v) is 3.57. The molecule has 1 aliphatic carbocycles. The van der Waals surface area contributed by atoms with Gasteiger partial charge in [0.15, 0.2) is 0 Å². The summed E-state index contributed by atoms with van der Waals surface area (Å²) >= 11 is 0. The minimum absolute atomic E-state index is 0.344. The van der Waals surface area contributed by atoms with Crippen LogP contribution in [0, 0.1) is 0 Å². The predicted octanol–water partition coefficient (Wildman–Crippen LogP) is 0.634. The Labute approximate surface area is 82.9 Å². The van der Waals surface area contributed by atoms with E-state index >= 15 is 0 Å². The molecule has 2 rings (SSSR count). The fourth-order valence-corrected chi connectivity index (χ4v) is 1.67. The van der Waals surface area contributed by atoms with Gasteiger partial charge in [0, 0.05) is 0 Å². The number of carbonyl (C=O) groups excluding carboxylic acids is 1. The van der Waals surface area contributed by atoms with Crippen LogP contribution >= 0.6 is 0 Å². The molecule has 0 spiro atoms. The Morgan fingerprint density at radius 3 is 3.14 bits per heavy atom. The molecule has 74 valence electrons. The first-order valence-electron chi connectivity index (χ1n) is 4.65. The van der Waals surface area contributed by atoms with Crippen LogP contribution in [0.25, 0.3) is 0 Å². The summed E-state index contributed by atoms with van der Waals surface area (Å²) in [6.07, 6.45) is 1.63. The van der Waals surface area contributed by atoms with Gasteiger partial charge in [0.1, 0.15) is 6.04 Å². The lowest BCUT2D eigenvalue weighted by Gasteiger charge is -2.08. The van der Waals surface area contributed by atoms with Crippen molar-refractivity contribution in [2.75, 3.05) is 7.11 Å². The highest BCUT2D eigenvalue weighted by Crippen LogP contribution is 2.31. The number of hydrogen-bond acceptors (Lipinski definition) is 3. The lowest BCUT2D eigenvalue weighted by atomic mass is 10.1. The molecule has 1 aliphatic rings. The molecule has 0 bridgehead atoms. The predicted molar refractivity (Wildman–Crippen MR) is 52.9 cm³/mol. The normalized spacial score (nSPS) is 14.4. The summed E-state index contributed by atoms with van der Waals surface area (Å²) in [6.45, 7) is 0. The van der Waals surface area contributed by atoms with E-state index in [1.165, 1.54) is 23.8 Å². The van der Waals surface area contributed by atoms with E-state index in [4.69, 9.17) is 5.73 Å². The maximum atomic E-state index is 11.1. The van der Waals surface area contributed by atoms with E-state index < -0.39 is 6.04 Å². The molecule has 0 radical (unpaired) electrons. The number of benzene rings is 1. The molecular formula is C11H13NO2. The van der Waals surface area contributed by atoms with E-state index in [0.717, 1.165) is 6.42 Å². The molecule has 1 aromatic rings. The van der Waals surface area contributed by atoms with Gasteiger partial charge < -0.3 is 10.5 Å². The second kappa shape index (κ2) is 3.42. The summed E-state index contributed by atoms with van der Waals surface area (Å²) in [5, 5.41) is 0. The smallest absolute Gasteiger partial charge is 0.322 e. The van der Waals surface area contributed by atoms with Crippen LogP contribution in [0.4, 0.5) is 0 Å². The lowest BCUT2D eigenvalue weighted by Crippen LogP contribution is -2.33. The Kier molecular flexibility index (Phi) is 2.25. The zero-order valence-electron chi connectivity index (χ0n) is 8.12. The third-order valence-corrected chi connectivity index (χ3v) is 2.56. The highest BCUT2D eigenvalue weighted by atomic mass is 16.5. The number of rotatable bonds is 3. The molecule has 2 N–H and O–H groups in total. The van der Waals surface area contributed by atoms with E-state index in [-0.39, 0.29) is 5.97 Å². The SMILES string of the molecule is COC(=O)[C@@H](N)Cc1cccc2c1C2. The van der Waals surface area contributed by atoms with Crippen molar-refractivity contribution in [3.05, 3.63) is 34.9 Å². The van der Waals surface area contributed by atoms with Crippen LogP contribution in [-0.2, 0) is 22.4 Å². The van der Waals surface area contributed by atoms with Crippen molar-refractivity contribution < 1.29 is 9.53 Å². The number of nitrogens with two attached hydrogens (primary N) is 1. The third kappa shape index (κ3) is 1.63. The Morgan fingerprint density at radius 2 is 2.43 bits per heavy atom. The highest BCUT2D eigenvalue weighted by Gasteiger charge is 2.23. The van der Waals surface area contributed by atoms with Crippen LogP contribution in [0.15, 0.2) is 18.2 Å². The van der Waals surface area contributed by atoms with E-state index in [1.807, 2.05) is 12.1 Å². The molecule has 0 saturated heterocycles. The van der Waals surface area contributed by atoms with Crippen molar-refractivity contribution in [3.8, 4) is 0 Å². The summed E-state index contributed by atoms with van der Waals surface area (Å²) in [7, 11) is 1.36. The molecule has 3 heteroatoms. The van der Waals surface area contributed by atoms with E-state index in [9.17, 15) is 4.79 Å². The van der Waals surface area contributed by atoms with Gasteiger partial charge in [-0.3, -0.25) is 4.79 Å². The zero-order valence-corrected chi connectivity index (χ0v) is 8.12. The second-order valence-electron chi connectivity index (χ2n) is 3.57. The van der Waals surface area contributed by atoms with E-state index in [0.29, 0.717) is 6.42 Å². The van der Waals surface area contributed by atoms with Crippen molar-refractivity contribution in [1.82, 2.24) is 0 Å². The first-order valence-corrected chi connectivity index (χ1v) is 4.65. The molecule has 3 nitrogen and oxygen atoms in total. The van der Waals surface area contributed by atoms with Gasteiger partial charge >= 0.3 is 5.97 Å².